The summed E-state index contributed by atoms with van der Waals surface area (Å²) in [6.07, 6.45) is 2.11. The highest BCUT2D eigenvalue weighted by atomic mass is 35.5. The van der Waals surface area contributed by atoms with Gasteiger partial charge in [0.25, 0.3) is 0 Å². The summed E-state index contributed by atoms with van der Waals surface area (Å²) < 4.78 is 0.709. The number of anilines is 2. The third kappa shape index (κ3) is 7.48. The maximum Gasteiger partial charge on any atom is 0.192 e. The van der Waals surface area contributed by atoms with E-state index in [2.05, 4.69) is 33.9 Å². The van der Waals surface area contributed by atoms with Crippen molar-refractivity contribution in [2.24, 2.45) is 5.92 Å². The molecule has 2 heterocycles. The van der Waals surface area contributed by atoms with E-state index in [1.807, 2.05) is 31.2 Å². The van der Waals surface area contributed by atoms with Gasteiger partial charge in [0.05, 0.1) is 0 Å². The maximum atomic E-state index is 8.94. The normalized spacial score (nSPS) is 12.4. The van der Waals surface area contributed by atoms with E-state index in [1.54, 1.807) is 0 Å². The van der Waals surface area contributed by atoms with Crippen LogP contribution >= 0.6 is 43.7 Å². The Kier molecular flexibility index (Phi) is 10.5. The Labute approximate surface area is 191 Å². The minimum absolute atomic E-state index is 0.0794. The van der Waals surface area contributed by atoms with Crippen LogP contribution < -0.4 is 10.8 Å². The smallest absolute Gasteiger partial charge is 0.192 e. The first-order valence-corrected chi connectivity index (χ1v) is 12.5. The van der Waals surface area contributed by atoms with Crippen LogP contribution in [-0.4, -0.2) is 31.6 Å². The molecule has 3 rings (SSSR count). The van der Waals surface area contributed by atoms with Gasteiger partial charge in [0.15, 0.2) is 15.9 Å². The summed E-state index contributed by atoms with van der Waals surface area (Å²) in [5, 5.41) is 13.0. The number of fused-ring (bicyclic) bond motifs is 1. The molecule has 0 aliphatic rings. The molecule has 2 aromatic heterocycles. The van der Waals surface area contributed by atoms with Crippen LogP contribution in [0.4, 0.5) is 10.9 Å². The Morgan fingerprint density at radius 3 is 2.57 bits per heavy atom. The van der Waals surface area contributed by atoms with Gasteiger partial charge in [-0.3, -0.25) is 0 Å². The van der Waals surface area contributed by atoms with Gasteiger partial charge in [-0.1, -0.05) is 66.7 Å². The Morgan fingerprint density at radius 1 is 1.23 bits per heavy atom. The van der Waals surface area contributed by atoms with Crippen molar-refractivity contribution >= 4 is 65.0 Å². The molecule has 0 aliphatic carbocycles. The van der Waals surface area contributed by atoms with Crippen molar-refractivity contribution < 1.29 is 10.00 Å². The number of nitrogens with two attached hydrogens (primary N) is 1. The summed E-state index contributed by atoms with van der Waals surface area (Å²) in [6.45, 7) is 6.71. The molecule has 2 atom stereocenters. The van der Waals surface area contributed by atoms with Gasteiger partial charge in [-0.15, -0.1) is 0 Å². The highest BCUT2D eigenvalue weighted by Crippen LogP contribution is 2.38. The minimum Gasteiger partial charge on any atom is -0.396 e. The third-order valence-electron chi connectivity index (χ3n) is 3.99. The molecule has 0 aliphatic heterocycles. The van der Waals surface area contributed by atoms with Gasteiger partial charge in [0.2, 0.25) is 0 Å². The van der Waals surface area contributed by atoms with E-state index in [0.717, 1.165) is 24.3 Å². The van der Waals surface area contributed by atoms with E-state index in [1.165, 1.54) is 23.1 Å². The van der Waals surface area contributed by atoms with Crippen molar-refractivity contribution in [3.8, 4) is 0 Å². The molecule has 164 valence electrons. The van der Waals surface area contributed by atoms with Gasteiger partial charge in [-0.25, -0.2) is 9.97 Å². The fraction of sp³-hybridized carbons (Fsp3) is 0.421. The molecule has 0 fully saturated rings. The molecule has 0 saturated heterocycles. The number of rotatable bonds is 8. The van der Waals surface area contributed by atoms with Gasteiger partial charge < -0.3 is 20.8 Å². The van der Waals surface area contributed by atoms with Crippen molar-refractivity contribution in [3.05, 3.63) is 34.9 Å². The van der Waals surface area contributed by atoms with E-state index in [0.29, 0.717) is 38.1 Å². The van der Waals surface area contributed by atoms with Crippen molar-refractivity contribution in [3.63, 3.8) is 0 Å². The molecule has 0 amide bonds. The molecule has 0 bridgehead atoms. The van der Waals surface area contributed by atoms with Crippen LogP contribution in [0.2, 0.25) is 5.02 Å². The summed E-state index contributed by atoms with van der Waals surface area (Å²) in [5.74, 6) is 1.13. The second-order valence-electron chi connectivity index (χ2n) is 6.84. The zero-order valence-corrected chi connectivity index (χ0v) is 20.5. The monoisotopic (exact) mass is 487 g/mol. The molecule has 0 radical (unpaired) electrons. The third-order valence-corrected chi connectivity index (χ3v) is 6.84. The molecule has 3 aromatic rings. The van der Waals surface area contributed by atoms with Crippen LogP contribution in [0.3, 0.4) is 0 Å². The molecular weight excluding hydrogens is 461 g/mol. The summed E-state index contributed by atoms with van der Waals surface area (Å²) >= 11 is 9.02. The minimum atomic E-state index is -0.421. The number of benzene rings is 1. The van der Waals surface area contributed by atoms with Gasteiger partial charge in [0, 0.05) is 16.9 Å². The lowest BCUT2D eigenvalue weighted by Crippen LogP contribution is -1.97. The highest BCUT2D eigenvalue weighted by molar-refractivity contribution is 7.99. The van der Waals surface area contributed by atoms with Crippen LogP contribution in [0.1, 0.15) is 44.4 Å². The van der Waals surface area contributed by atoms with Crippen LogP contribution in [-0.2, 0) is 0 Å². The molecule has 1 aromatic carbocycles. The largest absolute Gasteiger partial charge is 0.396 e. The zero-order chi connectivity index (χ0) is 22.1. The fourth-order valence-corrected chi connectivity index (χ4v) is 4.96. The predicted octanol–water partition coefficient (Wildman–Crippen LogP) is 5.50. The molecule has 11 heteroatoms. The number of nitrogens with zero attached hydrogens (tertiary/aromatic N) is 3. The number of nitrogens with one attached hydrogen (secondary N) is 1. The van der Waals surface area contributed by atoms with Gasteiger partial charge in [-0.2, -0.15) is 4.98 Å². The van der Waals surface area contributed by atoms with Crippen molar-refractivity contribution in [2.75, 3.05) is 17.4 Å². The Bertz CT molecular complexity index is 944. The first kappa shape index (κ1) is 25.0. The summed E-state index contributed by atoms with van der Waals surface area (Å²) in [6, 6.07) is 7.69. The quantitative estimate of drug-likeness (QED) is 0.187. The highest BCUT2D eigenvalue weighted by Gasteiger charge is 2.16. The average Bonchev–Trinajstić information content (AvgIpc) is 3.10. The van der Waals surface area contributed by atoms with Crippen molar-refractivity contribution in [1.82, 2.24) is 15.0 Å². The van der Waals surface area contributed by atoms with E-state index in [-0.39, 0.29) is 5.25 Å². The molecular formula is C19H27ClN5O2PS2. The lowest BCUT2D eigenvalue weighted by atomic mass is 10.1. The average molecular weight is 488 g/mol. The first-order chi connectivity index (χ1) is 14.3. The molecule has 7 nitrogen and oxygen atoms in total. The molecule has 0 saturated carbocycles. The summed E-state index contributed by atoms with van der Waals surface area (Å²) in [4.78, 5) is 22.0. The summed E-state index contributed by atoms with van der Waals surface area (Å²) in [7, 11) is -0.421. The van der Waals surface area contributed by atoms with E-state index in [4.69, 9.17) is 27.3 Å². The number of thiazole rings is 1. The fourth-order valence-electron chi connectivity index (χ4n) is 2.50. The summed E-state index contributed by atoms with van der Waals surface area (Å²) in [5.41, 5.74) is 7.54. The number of hydrogen-bond acceptors (Lipinski definition) is 9. The van der Waals surface area contributed by atoms with Crippen LogP contribution in [0, 0.1) is 5.92 Å². The number of hydrogen-bond donors (Lipinski definition) is 4. The molecule has 30 heavy (non-hydrogen) atoms. The van der Waals surface area contributed by atoms with Gasteiger partial charge in [0.1, 0.15) is 19.5 Å². The topological polar surface area (TPSA) is 117 Å². The van der Waals surface area contributed by atoms with Crippen LogP contribution in [0.5, 0.6) is 0 Å². The lowest BCUT2D eigenvalue weighted by Gasteiger charge is -2.12. The number of thioether (sulfide) groups is 1. The van der Waals surface area contributed by atoms with E-state index >= 15 is 0 Å². The Morgan fingerprint density at radius 2 is 1.97 bits per heavy atom. The molecule has 5 N–H and O–H groups in total. The van der Waals surface area contributed by atoms with Crippen LogP contribution in [0.15, 0.2) is 29.4 Å². The van der Waals surface area contributed by atoms with E-state index in [9.17, 15) is 0 Å². The van der Waals surface area contributed by atoms with Gasteiger partial charge in [-0.05, 0) is 37.3 Å². The maximum absolute atomic E-state index is 8.94. The van der Waals surface area contributed by atoms with Crippen molar-refractivity contribution in [2.45, 2.75) is 44.0 Å². The molecule has 0 spiro atoms. The number of aliphatic hydroxyl groups excluding tert-OH is 1. The predicted molar refractivity (Wildman–Crippen MR) is 131 cm³/mol. The Hall–Kier alpha value is -1.22. The number of nitrogen functional groups attached to an aromatic ring is 1. The standard InChI is InChI=1S/C13H13ClN5OPS2.C6H14O/c1-6(7-4-2-3-5-8(7)14)22-12-16-10(15)9-11(17-12)18-13(23-9)19-21-20;1-6(2)4-3-5-7/h2-6,20-21H,1H3,(H3,15,16,17,18,19);6-7H,3-5H2,1-2H3. The van der Waals surface area contributed by atoms with E-state index < -0.39 is 8.96 Å². The SMILES string of the molecule is CC(C)CCCO.CC(Sc1nc(N)c2sc(NPO)nc2n1)c1ccccc1Cl. The first-order valence-electron chi connectivity index (χ1n) is 9.46. The second-order valence-corrected chi connectivity index (χ2v) is 10.0. The number of aliphatic hydroxyl groups is 1. The van der Waals surface area contributed by atoms with Crippen molar-refractivity contribution in [1.29, 1.82) is 0 Å². The Balaban J connectivity index is 0.000000396. The number of aromatic nitrogens is 3. The van der Waals surface area contributed by atoms with Crippen LogP contribution in [0.25, 0.3) is 10.3 Å². The molecule has 2 unspecified atom stereocenters. The second kappa shape index (κ2) is 12.6. The lowest BCUT2D eigenvalue weighted by molar-refractivity contribution is 0.276. The van der Waals surface area contributed by atoms with Gasteiger partial charge >= 0.3 is 0 Å². The zero-order valence-electron chi connectivity index (χ0n) is 17.1. The number of halogens is 1.